The molecule has 3 heterocycles. The molecule has 0 bridgehead atoms. The Balaban J connectivity index is 1.33. The van der Waals surface area contributed by atoms with Crippen molar-refractivity contribution < 1.29 is 12.9 Å². The van der Waals surface area contributed by atoms with Crippen LogP contribution in [0.1, 0.15) is 12.8 Å². The molecule has 0 radical (unpaired) electrons. The van der Waals surface area contributed by atoms with Gasteiger partial charge in [-0.3, -0.25) is 9.36 Å². The number of benzene rings is 1. The van der Waals surface area contributed by atoms with Gasteiger partial charge in [0.2, 0.25) is 10.0 Å². The van der Waals surface area contributed by atoms with E-state index in [9.17, 15) is 13.2 Å². The lowest BCUT2D eigenvalue weighted by atomic mass is 10.2. The molecule has 0 amide bonds. The number of rotatable bonds is 5. The van der Waals surface area contributed by atoms with Crippen molar-refractivity contribution in [3.63, 3.8) is 0 Å². The van der Waals surface area contributed by atoms with Crippen LogP contribution in [-0.2, 0) is 16.6 Å². The van der Waals surface area contributed by atoms with E-state index in [4.69, 9.17) is 0 Å². The Morgan fingerprint density at radius 3 is 2.62 bits per heavy atom. The topological polar surface area (TPSA) is 102 Å². The van der Waals surface area contributed by atoms with Crippen molar-refractivity contribution in [2.75, 3.05) is 31.1 Å². The van der Waals surface area contributed by atoms with Gasteiger partial charge >= 0.3 is 0 Å². The largest absolute Gasteiger partial charge is 0.369 e. The molecule has 1 aromatic carbocycles. The molecule has 1 saturated heterocycles. The molecule has 1 saturated carbocycles. The lowest BCUT2D eigenvalue weighted by Crippen LogP contribution is -2.48. The highest BCUT2D eigenvalue weighted by Crippen LogP contribution is 2.30. The number of piperazine rings is 1. The summed E-state index contributed by atoms with van der Waals surface area (Å²) in [6.07, 6.45) is 6.36. The Morgan fingerprint density at radius 2 is 1.93 bits per heavy atom. The van der Waals surface area contributed by atoms with E-state index in [2.05, 4.69) is 19.6 Å². The zero-order chi connectivity index (χ0) is 20.0. The van der Waals surface area contributed by atoms with E-state index >= 15 is 0 Å². The summed E-state index contributed by atoms with van der Waals surface area (Å²) >= 11 is 0. The van der Waals surface area contributed by atoms with Crippen molar-refractivity contribution in [3.05, 3.63) is 47.3 Å². The SMILES string of the molecule is O=c1c2ccc(N3CCN(S(=O)(=O)c4cnoc4)CC3)cc2ncn1CC1CC1. The number of fused-ring (bicyclic) bond motifs is 1. The van der Waals surface area contributed by atoms with E-state index in [0.29, 0.717) is 43.0 Å². The van der Waals surface area contributed by atoms with Crippen LogP contribution in [0.25, 0.3) is 10.9 Å². The molecule has 1 aliphatic heterocycles. The van der Waals surface area contributed by atoms with Crippen LogP contribution in [0.5, 0.6) is 0 Å². The molecule has 0 spiro atoms. The van der Waals surface area contributed by atoms with Gasteiger partial charge in [-0.15, -0.1) is 0 Å². The second-order valence-electron chi connectivity index (χ2n) is 7.60. The average Bonchev–Trinajstić information content (AvgIpc) is 3.37. The molecule has 2 fully saturated rings. The second kappa shape index (κ2) is 6.96. The molecule has 0 atom stereocenters. The lowest BCUT2D eigenvalue weighted by Gasteiger charge is -2.35. The van der Waals surface area contributed by atoms with Crippen LogP contribution >= 0.6 is 0 Å². The van der Waals surface area contributed by atoms with Gasteiger partial charge in [0.25, 0.3) is 5.56 Å². The summed E-state index contributed by atoms with van der Waals surface area (Å²) < 4.78 is 33.0. The first kappa shape index (κ1) is 18.3. The molecule has 0 unspecified atom stereocenters. The minimum atomic E-state index is -3.58. The molecule has 2 aliphatic rings. The molecule has 0 N–H and O–H groups in total. The summed E-state index contributed by atoms with van der Waals surface area (Å²) in [4.78, 5) is 19.3. The summed E-state index contributed by atoms with van der Waals surface area (Å²) in [6, 6.07) is 5.64. The maximum absolute atomic E-state index is 12.7. The Hall–Kier alpha value is -2.72. The van der Waals surface area contributed by atoms with Crippen molar-refractivity contribution in [2.45, 2.75) is 24.3 Å². The number of hydrogen-bond acceptors (Lipinski definition) is 7. The molecule has 3 aromatic rings. The smallest absolute Gasteiger partial charge is 0.261 e. The Labute approximate surface area is 167 Å². The summed E-state index contributed by atoms with van der Waals surface area (Å²) in [5.74, 6) is 0.608. The highest BCUT2D eigenvalue weighted by atomic mass is 32.2. The van der Waals surface area contributed by atoms with Crippen LogP contribution in [0.15, 0.2) is 51.2 Å². The highest BCUT2D eigenvalue weighted by Gasteiger charge is 2.30. The predicted molar refractivity (Wildman–Crippen MR) is 106 cm³/mol. The Morgan fingerprint density at radius 1 is 1.14 bits per heavy atom. The van der Waals surface area contributed by atoms with E-state index in [1.165, 1.54) is 23.3 Å². The maximum Gasteiger partial charge on any atom is 0.261 e. The number of anilines is 1. The predicted octanol–water partition coefficient (Wildman–Crippen LogP) is 1.31. The van der Waals surface area contributed by atoms with Gasteiger partial charge < -0.3 is 9.42 Å². The van der Waals surface area contributed by atoms with Crippen LogP contribution < -0.4 is 10.5 Å². The van der Waals surface area contributed by atoms with Gasteiger partial charge in [-0.25, -0.2) is 13.4 Å². The average molecular weight is 415 g/mol. The summed E-state index contributed by atoms with van der Waals surface area (Å²) in [6.45, 7) is 2.57. The summed E-state index contributed by atoms with van der Waals surface area (Å²) in [5, 5.41) is 4.10. The maximum atomic E-state index is 12.7. The van der Waals surface area contributed by atoms with Crippen molar-refractivity contribution in [1.82, 2.24) is 19.0 Å². The van der Waals surface area contributed by atoms with E-state index in [1.54, 1.807) is 10.9 Å². The molecule has 9 nitrogen and oxygen atoms in total. The molecule has 10 heteroatoms. The number of nitrogens with zero attached hydrogens (tertiary/aromatic N) is 5. The minimum Gasteiger partial charge on any atom is -0.369 e. The van der Waals surface area contributed by atoms with Crippen molar-refractivity contribution >= 4 is 26.6 Å². The van der Waals surface area contributed by atoms with Crippen LogP contribution in [0.4, 0.5) is 5.69 Å². The van der Waals surface area contributed by atoms with Gasteiger partial charge in [0.1, 0.15) is 11.2 Å². The third-order valence-corrected chi connectivity index (χ3v) is 7.45. The van der Waals surface area contributed by atoms with E-state index in [1.807, 2.05) is 18.2 Å². The normalized spacial score (nSPS) is 18.4. The molecule has 29 heavy (non-hydrogen) atoms. The van der Waals surface area contributed by atoms with Crippen LogP contribution in [-0.4, -0.2) is 53.6 Å². The van der Waals surface area contributed by atoms with Gasteiger partial charge in [0.05, 0.1) is 23.4 Å². The molecule has 5 rings (SSSR count). The van der Waals surface area contributed by atoms with Gasteiger partial charge in [-0.2, -0.15) is 4.31 Å². The number of aromatic nitrogens is 3. The molecule has 152 valence electrons. The first-order chi connectivity index (χ1) is 14.0. The standard InChI is InChI=1S/C19H21N5O4S/c25-19-17-4-3-15(9-18(17)20-13-23(19)11-14-1-2-14)22-5-7-24(8-6-22)29(26,27)16-10-21-28-12-16/h3-4,9-10,12-14H,1-2,5-8,11H2. The van der Waals surface area contributed by atoms with Gasteiger partial charge in [0.15, 0.2) is 0 Å². The van der Waals surface area contributed by atoms with Crippen LogP contribution in [0, 0.1) is 5.92 Å². The van der Waals surface area contributed by atoms with Crippen molar-refractivity contribution in [3.8, 4) is 0 Å². The quantitative estimate of drug-likeness (QED) is 0.619. The lowest BCUT2D eigenvalue weighted by molar-refractivity contribution is 0.383. The van der Waals surface area contributed by atoms with Gasteiger partial charge in [0, 0.05) is 38.4 Å². The van der Waals surface area contributed by atoms with Crippen molar-refractivity contribution in [1.29, 1.82) is 0 Å². The number of sulfonamides is 1. The highest BCUT2D eigenvalue weighted by molar-refractivity contribution is 7.89. The fraction of sp³-hybridized carbons (Fsp3) is 0.421. The molecule has 2 aromatic heterocycles. The zero-order valence-corrected chi connectivity index (χ0v) is 16.6. The monoisotopic (exact) mass is 415 g/mol. The minimum absolute atomic E-state index is 0.00177. The van der Waals surface area contributed by atoms with E-state index < -0.39 is 10.0 Å². The zero-order valence-electron chi connectivity index (χ0n) is 15.8. The van der Waals surface area contributed by atoms with E-state index in [-0.39, 0.29) is 10.5 Å². The van der Waals surface area contributed by atoms with Crippen LogP contribution in [0.3, 0.4) is 0 Å². The van der Waals surface area contributed by atoms with Gasteiger partial charge in [-0.05, 0) is 37.0 Å². The van der Waals surface area contributed by atoms with Crippen molar-refractivity contribution in [2.24, 2.45) is 5.92 Å². The molecule has 1 aliphatic carbocycles. The number of hydrogen-bond donors (Lipinski definition) is 0. The fourth-order valence-corrected chi connectivity index (χ4v) is 4.99. The first-order valence-corrected chi connectivity index (χ1v) is 11.1. The third-order valence-electron chi connectivity index (χ3n) is 5.61. The van der Waals surface area contributed by atoms with E-state index in [0.717, 1.165) is 18.5 Å². The Kier molecular flexibility index (Phi) is 4.39. The first-order valence-electron chi connectivity index (χ1n) is 9.66. The van der Waals surface area contributed by atoms with Crippen LogP contribution in [0.2, 0.25) is 0 Å². The second-order valence-corrected chi connectivity index (χ2v) is 9.54. The summed E-state index contributed by atoms with van der Waals surface area (Å²) in [7, 11) is -3.58. The molecular formula is C19H21N5O4S. The van der Waals surface area contributed by atoms with Gasteiger partial charge in [-0.1, -0.05) is 5.16 Å². The third kappa shape index (κ3) is 3.42. The summed E-state index contributed by atoms with van der Waals surface area (Å²) in [5.41, 5.74) is 1.60. The Bertz CT molecular complexity index is 1190. The molecular weight excluding hydrogens is 394 g/mol. The fourth-order valence-electron chi connectivity index (χ4n) is 3.71.